The van der Waals surface area contributed by atoms with Crippen LogP contribution in [0.25, 0.3) is 0 Å². The maximum Gasteiger partial charge on any atom is 0.408 e. The molecule has 9 nitrogen and oxygen atoms in total. The molecule has 1 heterocycles. The lowest BCUT2D eigenvalue weighted by molar-refractivity contribution is -0.123. The summed E-state index contributed by atoms with van der Waals surface area (Å²) in [5, 5.41) is 9.30. The van der Waals surface area contributed by atoms with Gasteiger partial charge in [-0.3, -0.25) is 4.79 Å². The lowest BCUT2D eigenvalue weighted by atomic mass is 10.0. The molecule has 1 aliphatic rings. The first-order chi connectivity index (χ1) is 48.4. The number of alkyl carbamates (subject to hydrolysis) is 2. The third-order valence-electron chi connectivity index (χ3n) is 19.4. The fourth-order valence-electron chi connectivity index (χ4n) is 13.1. The smallest absolute Gasteiger partial charge is 0.408 e. The second-order valence-corrected chi connectivity index (χ2v) is 28.9. The van der Waals surface area contributed by atoms with Crippen LogP contribution < -0.4 is 16.0 Å². The number of unbranched alkanes of at least 4 members (excludes halogenated alkanes) is 37. The van der Waals surface area contributed by atoms with E-state index in [1.54, 1.807) is 0 Å². The number of carbonyl (C=O) groups excluding carboxylic acids is 3. The first kappa shape index (κ1) is 91.9. The highest BCUT2D eigenvalue weighted by molar-refractivity contribution is 5.85. The third-order valence-corrected chi connectivity index (χ3v) is 19.4. The van der Waals surface area contributed by atoms with E-state index in [0.29, 0.717) is 32.4 Å². The van der Waals surface area contributed by atoms with Crippen molar-refractivity contribution in [2.24, 2.45) is 0 Å². The number of nitrogens with one attached hydrogen (secondary N) is 3. The number of amides is 3. The Kier molecular flexibility index (Phi) is 72.3. The van der Waals surface area contributed by atoms with E-state index >= 15 is 0 Å². The minimum absolute atomic E-state index is 0.0794. The van der Waals surface area contributed by atoms with Crippen molar-refractivity contribution in [2.75, 3.05) is 32.7 Å². The first-order valence-corrected chi connectivity index (χ1v) is 42.5. The van der Waals surface area contributed by atoms with Crippen LogP contribution in [0.4, 0.5) is 9.59 Å². The van der Waals surface area contributed by atoms with Gasteiger partial charge in [-0.25, -0.2) is 9.59 Å². The number of allylic oxidation sites excluding steroid dienone is 16. The van der Waals surface area contributed by atoms with E-state index in [-0.39, 0.29) is 24.2 Å². The number of hydrogen-bond donors (Lipinski definition) is 3. The van der Waals surface area contributed by atoms with Crippen LogP contribution in [0.2, 0.25) is 0 Å². The number of carbonyl (C=O) groups is 3. The van der Waals surface area contributed by atoms with Gasteiger partial charge in [-0.05, 0) is 225 Å². The zero-order valence-electron chi connectivity index (χ0n) is 65.0. The molecule has 3 amide bonds. The van der Waals surface area contributed by atoms with Crippen LogP contribution in [0.1, 0.15) is 400 Å². The average molecular weight is 1370 g/mol. The van der Waals surface area contributed by atoms with Crippen LogP contribution in [-0.2, 0) is 14.3 Å². The van der Waals surface area contributed by atoms with Gasteiger partial charge in [0.2, 0.25) is 5.91 Å². The highest BCUT2D eigenvalue weighted by Crippen LogP contribution is 2.21. The van der Waals surface area contributed by atoms with E-state index in [0.717, 1.165) is 122 Å². The van der Waals surface area contributed by atoms with Gasteiger partial charge in [0.25, 0.3) is 0 Å². The number of nitrogens with zero attached hydrogens (tertiary/aromatic N) is 1. The number of piperidine rings is 1. The molecule has 98 heavy (non-hydrogen) atoms. The lowest BCUT2D eigenvalue weighted by Crippen LogP contribution is -2.49. The van der Waals surface area contributed by atoms with Gasteiger partial charge in [0.15, 0.2) is 0 Å². The Balaban J connectivity index is 2.85. The SMILES string of the molecule is CCCCC/C=C/C/C=C/CCCCCCCCC(CCCCCCCC/C=C/C/C=C/CCCCC)OC(=O)NCCCCC(NC(=O)OC(CCCCCCCC/C=C/C/C=C/CCCCC)CCCCCCCC/C=C/C/C=C/CCCCC)C(=O)NCCN1CCCCC1. The van der Waals surface area contributed by atoms with E-state index in [4.69, 9.17) is 9.47 Å². The molecule has 566 valence electrons. The molecule has 0 aromatic rings. The molecule has 0 aromatic heterocycles. The molecule has 1 atom stereocenters. The quantitative estimate of drug-likeness (QED) is 0.0414. The van der Waals surface area contributed by atoms with Gasteiger partial charge < -0.3 is 30.3 Å². The van der Waals surface area contributed by atoms with Crippen LogP contribution >= 0.6 is 0 Å². The van der Waals surface area contributed by atoms with E-state index in [1.165, 1.54) is 250 Å². The molecule has 0 aromatic carbocycles. The molecular formula is C89H160N4O5. The number of hydrogen-bond acceptors (Lipinski definition) is 6. The van der Waals surface area contributed by atoms with Gasteiger partial charge in [0, 0.05) is 19.6 Å². The average Bonchev–Trinajstić information content (AvgIpc) is 1.84. The molecule has 1 aliphatic heterocycles. The first-order valence-electron chi connectivity index (χ1n) is 42.5. The molecule has 9 heteroatoms. The summed E-state index contributed by atoms with van der Waals surface area (Å²) in [6, 6.07) is -0.715. The summed E-state index contributed by atoms with van der Waals surface area (Å²) >= 11 is 0. The Labute approximate surface area is 607 Å². The summed E-state index contributed by atoms with van der Waals surface area (Å²) in [5.41, 5.74) is 0. The summed E-state index contributed by atoms with van der Waals surface area (Å²) in [4.78, 5) is 43.8. The van der Waals surface area contributed by atoms with Crippen LogP contribution in [0, 0.1) is 0 Å². The fraction of sp³-hybridized carbons (Fsp3) is 0.787. The minimum Gasteiger partial charge on any atom is -0.446 e. The maximum atomic E-state index is 14.0. The number of ether oxygens (including phenoxy) is 2. The predicted molar refractivity (Wildman–Crippen MR) is 429 cm³/mol. The van der Waals surface area contributed by atoms with Gasteiger partial charge >= 0.3 is 12.2 Å². The van der Waals surface area contributed by atoms with E-state index in [2.05, 4.69) is 146 Å². The van der Waals surface area contributed by atoms with Crippen molar-refractivity contribution in [1.29, 1.82) is 0 Å². The van der Waals surface area contributed by atoms with Crippen molar-refractivity contribution in [3.8, 4) is 0 Å². The Morgan fingerprint density at radius 3 is 0.918 bits per heavy atom. The van der Waals surface area contributed by atoms with Crippen molar-refractivity contribution in [2.45, 2.75) is 418 Å². The van der Waals surface area contributed by atoms with Crippen LogP contribution in [0.3, 0.4) is 0 Å². The summed E-state index contributed by atoms with van der Waals surface area (Å²) in [6.07, 6.45) is 103. The Morgan fingerprint density at radius 2 is 0.592 bits per heavy atom. The van der Waals surface area contributed by atoms with E-state index < -0.39 is 12.1 Å². The Bertz CT molecular complexity index is 1870. The summed E-state index contributed by atoms with van der Waals surface area (Å²) in [6.45, 7) is 13.0. The number of rotatable bonds is 72. The monoisotopic (exact) mass is 1370 g/mol. The van der Waals surface area contributed by atoms with Gasteiger partial charge in [0.05, 0.1) is 0 Å². The molecule has 0 bridgehead atoms. The molecule has 0 spiro atoms. The molecular weight excluding hydrogens is 1210 g/mol. The Morgan fingerprint density at radius 1 is 0.306 bits per heavy atom. The highest BCUT2D eigenvalue weighted by Gasteiger charge is 2.24. The predicted octanol–water partition coefficient (Wildman–Crippen LogP) is 27.1. The molecule has 1 fully saturated rings. The lowest BCUT2D eigenvalue weighted by Gasteiger charge is -2.27. The number of likely N-dealkylation sites (tertiary alicyclic amines) is 1. The van der Waals surface area contributed by atoms with Crippen molar-refractivity contribution < 1.29 is 23.9 Å². The highest BCUT2D eigenvalue weighted by atomic mass is 16.6. The molecule has 0 radical (unpaired) electrons. The molecule has 0 saturated carbocycles. The third kappa shape index (κ3) is 67.7. The van der Waals surface area contributed by atoms with E-state index in [9.17, 15) is 14.4 Å². The van der Waals surface area contributed by atoms with Crippen LogP contribution in [0.15, 0.2) is 97.2 Å². The topological polar surface area (TPSA) is 109 Å². The van der Waals surface area contributed by atoms with E-state index in [1.807, 2.05) is 0 Å². The zero-order chi connectivity index (χ0) is 70.4. The van der Waals surface area contributed by atoms with Crippen LogP contribution in [-0.4, -0.2) is 74.0 Å². The van der Waals surface area contributed by atoms with Crippen molar-refractivity contribution in [1.82, 2.24) is 20.9 Å². The maximum absolute atomic E-state index is 14.0. The second-order valence-electron chi connectivity index (χ2n) is 28.9. The molecule has 1 unspecified atom stereocenters. The Hall–Kier alpha value is -4.11. The fourth-order valence-corrected chi connectivity index (χ4v) is 13.1. The zero-order valence-corrected chi connectivity index (χ0v) is 65.0. The molecule has 1 saturated heterocycles. The second kappa shape index (κ2) is 77.1. The van der Waals surface area contributed by atoms with Gasteiger partial charge in [-0.15, -0.1) is 0 Å². The molecule has 0 aliphatic carbocycles. The van der Waals surface area contributed by atoms with Gasteiger partial charge in [0.1, 0.15) is 18.2 Å². The minimum atomic E-state index is -0.715. The molecule has 1 rings (SSSR count). The molecule has 3 N–H and O–H groups in total. The summed E-state index contributed by atoms with van der Waals surface area (Å²) < 4.78 is 12.5. The largest absolute Gasteiger partial charge is 0.446 e. The summed E-state index contributed by atoms with van der Waals surface area (Å²) in [7, 11) is 0. The van der Waals surface area contributed by atoms with Crippen LogP contribution in [0.5, 0.6) is 0 Å². The normalized spacial score (nSPS) is 13.7. The van der Waals surface area contributed by atoms with Gasteiger partial charge in [-0.1, -0.05) is 285 Å². The standard InChI is InChI=1S/C89H160N4O5/c1-5-9-13-17-21-25-29-33-37-41-45-49-53-57-61-66-74-84(75-67-62-58-54-50-46-42-38-34-30-26-22-18-14-10-6-2)97-88(95)91-79-71-70-78-86(87(94)90-80-83-93-81-72-65-73-82-93)92-89(96)98-85(76-68-63-59-55-51-47-43-39-35-31-27-23-19-15-11-7-3)77-69-64-60-56-52-48-44-40-36-32-28-24-20-16-12-8-4/h21-28,33-40,84-86H,5-20,29-32,41-83H2,1-4H3,(H,90,94)(H,91,95)(H,92,96)/b25-21+,26-22+,27-23+,28-24+,37-33+,38-34+,39-35+,40-36+. The van der Waals surface area contributed by atoms with Crippen molar-refractivity contribution in [3.63, 3.8) is 0 Å². The van der Waals surface area contributed by atoms with Crippen molar-refractivity contribution in [3.05, 3.63) is 97.2 Å². The summed E-state index contributed by atoms with van der Waals surface area (Å²) in [5.74, 6) is -0.158. The van der Waals surface area contributed by atoms with Gasteiger partial charge in [-0.2, -0.15) is 0 Å². The van der Waals surface area contributed by atoms with Crippen molar-refractivity contribution >= 4 is 18.1 Å².